The minimum atomic E-state index is 0.195. The van der Waals surface area contributed by atoms with E-state index < -0.39 is 0 Å². The summed E-state index contributed by atoms with van der Waals surface area (Å²) in [6.45, 7) is 9.20. The van der Waals surface area contributed by atoms with Crippen LogP contribution < -0.4 is 5.32 Å². The monoisotopic (exact) mass is 175 g/mol. The summed E-state index contributed by atoms with van der Waals surface area (Å²) in [6, 6.07) is 0.382. The molecule has 0 fully saturated rings. The maximum atomic E-state index is 5.86. The van der Waals surface area contributed by atoms with Gasteiger partial charge in [-0.05, 0) is 27.7 Å². The molecule has 1 N–H and O–H groups in total. The SMILES string of the molecule is CC(C)=CCNC(C)C(C)Cl. The predicted octanol–water partition coefficient (Wildman–Crippen LogP) is 2.56. The Bertz CT molecular complexity index is 126. The molecule has 0 amide bonds. The largest absolute Gasteiger partial charge is 0.309 e. The zero-order valence-corrected chi connectivity index (χ0v) is 8.57. The van der Waals surface area contributed by atoms with Crippen molar-refractivity contribution in [2.45, 2.75) is 39.1 Å². The van der Waals surface area contributed by atoms with Crippen molar-refractivity contribution in [1.82, 2.24) is 5.32 Å². The Hall–Kier alpha value is -0.0100. The lowest BCUT2D eigenvalue weighted by molar-refractivity contribution is 0.572. The van der Waals surface area contributed by atoms with Gasteiger partial charge in [0.2, 0.25) is 0 Å². The van der Waals surface area contributed by atoms with Gasteiger partial charge in [0.15, 0.2) is 0 Å². The van der Waals surface area contributed by atoms with Crippen molar-refractivity contribution in [3.8, 4) is 0 Å². The van der Waals surface area contributed by atoms with E-state index >= 15 is 0 Å². The van der Waals surface area contributed by atoms with Gasteiger partial charge in [0.05, 0.1) is 0 Å². The zero-order valence-electron chi connectivity index (χ0n) is 7.82. The number of hydrogen-bond donors (Lipinski definition) is 1. The Morgan fingerprint density at radius 3 is 2.36 bits per heavy atom. The fourth-order valence-corrected chi connectivity index (χ4v) is 0.700. The molecule has 0 aromatic carbocycles. The third-order valence-electron chi connectivity index (χ3n) is 1.64. The molecule has 0 saturated heterocycles. The molecule has 11 heavy (non-hydrogen) atoms. The van der Waals surface area contributed by atoms with Crippen LogP contribution in [0.15, 0.2) is 11.6 Å². The van der Waals surface area contributed by atoms with E-state index in [1.54, 1.807) is 0 Å². The number of halogens is 1. The van der Waals surface area contributed by atoms with Crippen LogP contribution in [0.2, 0.25) is 0 Å². The van der Waals surface area contributed by atoms with E-state index in [4.69, 9.17) is 11.6 Å². The van der Waals surface area contributed by atoms with E-state index in [0.717, 1.165) is 6.54 Å². The Morgan fingerprint density at radius 2 is 2.00 bits per heavy atom. The van der Waals surface area contributed by atoms with Gasteiger partial charge >= 0.3 is 0 Å². The second-order valence-corrected chi connectivity index (χ2v) is 3.84. The molecule has 0 aliphatic rings. The molecule has 0 aliphatic heterocycles. The summed E-state index contributed by atoms with van der Waals surface area (Å²) in [6.07, 6.45) is 2.16. The smallest absolute Gasteiger partial charge is 0.0458 e. The number of nitrogens with one attached hydrogen (secondary N) is 1. The van der Waals surface area contributed by atoms with E-state index in [2.05, 4.69) is 32.2 Å². The van der Waals surface area contributed by atoms with Gasteiger partial charge in [-0.1, -0.05) is 11.6 Å². The lowest BCUT2D eigenvalue weighted by Crippen LogP contribution is -2.32. The van der Waals surface area contributed by atoms with E-state index in [9.17, 15) is 0 Å². The summed E-state index contributed by atoms with van der Waals surface area (Å²) >= 11 is 5.86. The molecule has 2 heteroatoms. The second-order valence-electron chi connectivity index (χ2n) is 3.16. The van der Waals surface area contributed by atoms with Crippen LogP contribution in [0.4, 0.5) is 0 Å². The van der Waals surface area contributed by atoms with Crippen LogP contribution >= 0.6 is 11.6 Å². The van der Waals surface area contributed by atoms with Gasteiger partial charge in [-0.25, -0.2) is 0 Å². The van der Waals surface area contributed by atoms with Gasteiger partial charge in [-0.2, -0.15) is 0 Å². The van der Waals surface area contributed by atoms with Crippen LogP contribution in [0.3, 0.4) is 0 Å². The van der Waals surface area contributed by atoms with Crippen LogP contribution in [0.1, 0.15) is 27.7 Å². The van der Waals surface area contributed by atoms with Crippen LogP contribution in [0.5, 0.6) is 0 Å². The normalized spacial score (nSPS) is 15.7. The summed E-state index contributed by atoms with van der Waals surface area (Å²) in [5, 5.41) is 3.50. The number of allylic oxidation sites excluding steroid dienone is 1. The molecule has 0 bridgehead atoms. The summed E-state index contributed by atoms with van der Waals surface area (Å²) in [7, 11) is 0. The Labute approximate surface area is 74.8 Å². The minimum absolute atomic E-state index is 0.195. The predicted molar refractivity (Wildman–Crippen MR) is 52.2 cm³/mol. The van der Waals surface area contributed by atoms with Crippen LogP contribution in [-0.2, 0) is 0 Å². The molecule has 0 heterocycles. The summed E-state index contributed by atoms with van der Waals surface area (Å²) in [5.74, 6) is 0. The topological polar surface area (TPSA) is 12.0 Å². The second kappa shape index (κ2) is 5.62. The van der Waals surface area contributed by atoms with Crippen molar-refractivity contribution >= 4 is 11.6 Å². The molecule has 1 nitrogen and oxygen atoms in total. The van der Waals surface area contributed by atoms with Crippen molar-refractivity contribution in [2.24, 2.45) is 0 Å². The van der Waals surface area contributed by atoms with Gasteiger partial charge < -0.3 is 5.32 Å². The quantitative estimate of drug-likeness (QED) is 0.512. The van der Waals surface area contributed by atoms with Crippen LogP contribution in [0, 0.1) is 0 Å². The number of alkyl halides is 1. The number of hydrogen-bond acceptors (Lipinski definition) is 1. The molecular formula is C9H18ClN. The Morgan fingerprint density at radius 1 is 1.45 bits per heavy atom. The number of rotatable bonds is 4. The van der Waals surface area contributed by atoms with E-state index in [0.29, 0.717) is 6.04 Å². The van der Waals surface area contributed by atoms with Crippen molar-refractivity contribution in [3.05, 3.63) is 11.6 Å². The third-order valence-corrected chi connectivity index (χ3v) is 2.02. The highest BCUT2D eigenvalue weighted by molar-refractivity contribution is 6.20. The van der Waals surface area contributed by atoms with Crippen molar-refractivity contribution in [3.63, 3.8) is 0 Å². The highest BCUT2D eigenvalue weighted by Gasteiger charge is 2.05. The molecule has 66 valence electrons. The molecular weight excluding hydrogens is 158 g/mol. The van der Waals surface area contributed by atoms with Crippen LogP contribution in [-0.4, -0.2) is 18.0 Å². The molecule has 0 aromatic heterocycles. The highest BCUT2D eigenvalue weighted by atomic mass is 35.5. The minimum Gasteiger partial charge on any atom is -0.309 e. The van der Waals surface area contributed by atoms with Crippen LogP contribution in [0.25, 0.3) is 0 Å². The van der Waals surface area contributed by atoms with Gasteiger partial charge in [0, 0.05) is 18.0 Å². The Balaban J connectivity index is 3.47. The summed E-state index contributed by atoms with van der Waals surface area (Å²) in [5.41, 5.74) is 1.34. The van der Waals surface area contributed by atoms with Gasteiger partial charge in [-0.3, -0.25) is 0 Å². The van der Waals surface area contributed by atoms with E-state index in [-0.39, 0.29) is 5.38 Å². The molecule has 0 radical (unpaired) electrons. The molecule has 0 aliphatic carbocycles. The lowest BCUT2D eigenvalue weighted by atomic mass is 10.2. The first-order chi connectivity index (χ1) is 5.04. The van der Waals surface area contributed by atoms with Crippen molar-refractivity contribution in [2.75, 3.05) is 6.54 Å². The first kappa shape index (κ1) is 11.0. The average molecular weight is 176 g/mol. The zero-order chi connectivity index (χ0) is 8.85. The third kappa shape index (κ3) is 6.39. The molecule has 0 spiro atoms. The standard InChI is InChI=1S/C9H18ClN/c1-7(2)5-6-11-9(4)8(3)10/h5,8-9,11H,6H2,1-4H3. The Kier molecular flexibility index (Phi) is 5.61. The lowest BCUT2D eigenvalue weighted by Gasteiger charge is -2.14. The highest BCUT2D eigenvalue weighted by Crippen LogP contribution is 1.99. The summed E-state index contributed by atoms with van der Waals surface area (Å²) < 4.78 is 0. The first-order valence-electron chi connectivity index (χ1n) is 4.05. The molecule has 2 unspecified atom stereocenters. The van der Waals surface area contributed by atoms with Crippen molar-refractivity contribution < 1.29 is 0 Å². The maximum Gasteiger partial charge on any atom is 0.0458 e. The van der Waals surface area contributed by atoms with E-state index in [1.165, 1.54) is 5.57 Å². The average Bonchev–Trinajstić information content (AvgIpc) is 1.86. The fraction of sp³-hybridized carbons (Fsp3) is 0.778. The first-order valence-corrected chi connectivity index (χ1v) is 4.48. The van der Waals surface area contributed by atoms with Crippen molar-refractivity contribution in [1.29, 1.82) is 0 Å². The summed E-state index contributed by atoms with van der Waals surface area (Å²) in [4.78, 5) is 0. The maximum absolute atomic E-state index is 5.86. The molecule has 0 saturated carbocycles. The fourth-order valence-electron chi connectivity index (χ4n) is 0.611. The van der Waals surface area contributed by atoms with Gasteiger partial charge in [0.25, 0.3) is 0 Å². The molecule has 2 atom stereocenters. The van der Waals surface area contributed by atoms with Gasteiger partial charge in [-0.15, -0.1) is 11.6 Å². The van der Waals surface area contributed by atoms with E-state index in [1.807, 2.05) is 6.92 Å². The molecule has 0 rings (SSSR count). The van der Waals surface area contributed by atoms with Gasteiger partial charge in [0.1, 0.15) is 0 Å². The molecule has 0 aromatic rings.